The van der Waals surface area contributed by atoms with Crippen LogP contribution in [0.3, 0.4) is 0 Å². The van der Waals surface area contributed by atoms with Crippen molar-refractivity contribution in [3.8, 4) is 0 Å². The SMILES string of the molecule is O=C(O)CC1CCN(C(=O)N2CCC3(CCCC3)CC2)C1. The van der Waals surface area contributed by atoms with Crippen molar-refractivity contribution in [2.75, 3.05) is 26.2 Å². The van der Waals surface area contributed by atoms with Gasteiger partial charge in [0.15, 0.2) is 0 Å². The number of nitrogens with zero attached hydrogens (tertiary/aromatic N) is 2. The van der Waals surface area contributed by atoms with Crippen molar-refractivity contribution in [2.45, 2.75) is 51.4 Å². The van der Waals surface area contributed by atoms with Crippen molar-refractivity contribution in [2.24, 2.45) is 11.3 Å². The number of carboxylic acids is 1. The van der Waals surface area contributed by atoms with Gasteiger partial charge in [-0.2, -0.15) is 0 Å². The van der Waals surface area contributed by atoms with Crippen molar-refractivity contribution in [1.82, 2.24) is 9.80 Å². The van der Waals surface area contributed by atoms with Crippen molar-refractivity contribution < 1.29 is 14.7 Å². The fraction of sp³-hybridized carbons (Fsp3) is 0.875. The number of amides is 2. The zero-order valence-electron chi connectivity index (χ0n) is 12.7. The van der Waals surface area contributed by atoms with E-state index in [1.165, 1.54) is 25.7 Å². The second kappa shape index (κ2) is 5.85. The van der Waals surface area contributed by atoms with E-state index in [1.54, 1.807) is 0 Å². The molecule has 1 aliphatic carbocycles. The van der Waals surface area contributed by atoms with Gasteiger partial charge < -0.3 is 14.9 Å². The Bertz CT molecular complexity index is 408. The number of carbonyl (C=O) groups excluding carboxylic acids is 1. The second-order valence-corrected chi connectivity index (χ2v) is 7.18. The molecule has 0 aromatic rings. The van der Waals surface area contributed by atoms with E-state index in [9.17, 15) is 9.59 Å². The summed E-state index contributed by atoms with van der Waals surface area (Å²) in [5.74, 6) is -0.618. The zero-order valence-corrected chi connectivity index (χ0v) is 12.7. The summed E-state index contributed by atoms with van der Waals surface area (Å²) in [4.78, 5) is 27.2. The average molecular weight is 294 g/mol. The van der Waals surface area contributed by atoms with Crippen molar-refractivity contribution in [3.63, 3.8) is 0 Å². The quantitative estimate of drug-likeness (QED) is 0.851. The van der Waals surface area contributed by atoms with Gasteiger partial charge in [0, 0.05) is 32.6 Å². The van der Waals surface area contributed by atoms with E-state index in [2.05, 4.69) is 0 Å². The highest BCUT2D eigenvalue weighted by Gasteiger charge is 2.39. The number of piperidine rings is 1. The molecule has 1 unspecified atom stereocenters. The number of likely N-dealkylation sites (tertiary alicyclic amines) is 2. The van der Waals surface area contributed by atoms with Crippen molar-refractivity contribution in [1.29, 1.82) is 0 Å². The van der Waals surface area contributed by atoms with Crippen LogP contribution in [-0.2, 0) is 4.79 Å². The summed E-state index contributed by atoms with van der Waals surface area (Å²) < 4.78 is 0. The highest BCUT2D eigenvalue weighted by Crippen LogP contribution is 2.46. The summed E-state index contributed by atoms with van der Waals surface area (Å²) in [6, 6.07) is 0.135. The molecule has 5 nitrogen and oxygen atoms in total. The van der Waals surface area contributed by atoms with Crippen molar-refractivity contribution >= 4 is 12.0 Å². The van der Waals surface area contributed by atoms with E-state index < -0.39 is 5.97 Å². The number of urea groups is 1. The molecular weight excluding hydrogens is 268 g/mol. The van der Waals surface area contributed by atoms with Crippen LogP contribution in [0.1, 0.15) is 51.4 Å². The molecule has 3 fully saturated rings. The van der Waals surface area contributed by atoms with Crippen LogP contribution in [0.2, 0.25) is 0 Å². The van der Waals surface area contributed by atoms with Gasteiger partial charge in [0.05, 0.1) is 0 Å². The Morgan fingerprint density at radius 2 is 1.67 bits per heavy atom. The maximum Gasteiger partial charge on any atom is 0.320 e. The molecule has 2 amide bonds. The first-order chi connectivity index (χ1) is 10.1. The maximum atomic E-state index is 12.5. The first kappa shape index (κ1) is 14.7. The third-order valence-electron chi connectivity index (χ3n) is 5.78. The molecule has 0 aromatic carbocycles. The van der Waals surface area contributed by atoms with Gasteiger partial charge in [-0.25, -0.2) is 4.79 Å². The highest BCUT2D eigenvalue weighted by atomic mass is 16.4. The van der Waals surface area contributed by atoms with E-state index in [1.807, 2.05) is 9.80 Å². The van der Waals surface area contributed by atoms with Gasteiger partial charge in [-0.05, 0) is 43.4 Å². The largest absolute Gasteiger partial charge is 0.481 e. The summed E-state index contributed by atoms with van der Waals surface area (Å²) in [6.07, 6.45) is 8.74. The maximum absolute atomic E-state index is 12.5. The molecule has 1 N–H and O–H groups in total. The van der Waals surface area contributed by atoms with Gasteiger partial charge in [0.25, 0.3) is 0 Å². The summed E-state index contributed by atoms with van der Waals surface area (Å²) >= 11 is 0. The Morgan fingerprint density at radius 3 is 2.29 bits per heavy atom. The molecule has 1 spiro atoms. The molecule has 21 heavy (non-hydrogen) atoms. The third-order valence-corrected chi connectivity index (χ3v) is 5.78. The summed E-state index contributed by atoms with van der Waals surface area (Å²) in [7, 11) is 0. The van der Waals surface area contributed by atoms with E-state index >= 15 is 0 Å². The molecule has 0 radical (unpaired) electrons. The molecule has 0 aromatic heterocycles. The molecule has 118 valence electrons. The zero-order chi connectivity index (χ0) is 14.9. The lowest BCUT2D eigenvalue weighted by Gasteiger charge is -2.40. The fourth-order valence-electron chi connectivity index (χ4n) is 4.42. The summed E-state index contributed by atoms with van der Waals surface area (Å²) in [5, 5.41) is 8.85. The number of aliphatic carboxylic acids is 1. The van der Waals surface area contributed by atoms with Crippen LogP contribution in [0, 0.1) is 11.3 Å². The molecule has 5 heteroatoms. The number of carboxylic acid groups (broad SMARTS) is 1. The predicted octanol–water partition coefficient (Wildman–Crippen LogP) is 2.56. The van der Waals surface area contributed by atoms with Gasteiger partial charge >= 0.3 is 12.0 Å². The van der Waals surface area contributed by atoms with E-state index in [-0.39, 0.29) is 18.4 Å². The average Bonchev–Trinajstić information content (AvgIpc) is 3.09. The smallest absolute Gasteiger partial charge is 0.320 e. The van der Waals surface area contributed by atoms with Crippen LogP contribution in [0.4, 0.5) is 4.79 Å². The van der Waals surface area contributed by atoms with Gasteiger partial charge in [0.1, 0.15) is 0 Å². The third kappa shape index (κ3) is 3.16. The minimum absolute atomic E-state index is 0.135. The lowest BCUT2D eigenvalue weighted by atomic mass is 9.77. The highest BCUT2D eigenvalue weighted by molar-refractivity contribution is 5.75. The molecule has 2 heterocycles. The Kier molecular flexibility index (Phi) is 4.09. The minimum atomic E-state index is -0.754. The molecule has 3 aliphatic rings. The summed E-state index contributed by atoms with van der Waals surface area (Å²) in [6.45, 7) is 3.11. The van der Waals surface area contributed by atoms with E-state index in [0.29, 0.717) is 12.0 Å². The first-order valence-electron chi connectivity index (χ1n) is 8.34. The number of hydrogen-bond donors (Lipinski definition) is 1. The van der Waals surface area contributed by atoms with E-state index in [0.717, 1.165) is 38.9 Å². The molecule has 3 rings (SSSR count). The fourth-order valence-corrected chi connectivity index (χ4v) is 4.42. The van der Waals surface area contributed by atoms with Gasteiger partial charge in [-0.3, -0.25) is 4.79 Å². The Hall–Kier alpha value is -1.26. The summed E-state index contributed by atoms with van der Waals surface area (Å²) in [5.41, 5.74) is 0.535. The lowest BCUT2D eigenvalue weighted by molar-refractivity contribution is -0.138. The molecule has 0 bridgehead atoms. The second-order valence-electron chi connectivity index (χ2n) is 7.18. The Morgan fingerprint density at radius 1 is 1.00 bits per heavy atom. The molecule has 1 atom stereocenters. The monoisotopic (exact) mass is 294 g/mol. The minimum Gasteiger partial charge on any atom is -0.481 e. The topological polar surface area (TPSA) is 60.9 Å². The van der Waals surface area contributed by atoms with Crippen LogP contribution >= 0.6 is 0 Å². The number of hydrogen-bond acceptors (Lipinski definition) is 2. The molecule has 2 saturated heterocycles. The number of carbonyl (C=O) groups is 2. The molecule has 1 saturated carbocycles. The Labute approximate surface area is 126 Å². The predicted molar refractivity (Wildman–Crippen MR) is 79.0 cm³/mol. The van der Waals surface area contributed by atoms with Crippen LogP contribution in [0.15, 0.2) is 0 Å². The van der Waals surface area contributed by atoms with Gasteiger partial charge in [-0.1, -0.05) is 12.8 Å². The molecular formula is C16H26N2O3. The van der Waals surface area contributed by atoms with Crippen LogP contribution in [-0.4, -0.2) is 53.1 Å². The standard InChI is InChI=1S/C16H26N2O3/c19-14(20)11-13-3-8-18(12-13)15(21)17-9-6-16(7-10-17)4-1-2-5-16/h13H,1-12H2,(H,19,20). The van der Waals surface area contributed by atoms with Crippen LogP contribution in [0.25, 0.3) is 0 Å². The van der Waals surface area contributed by atoms with Crippen molar-refractivity contribution in [3.05, 3.63) is 0 Å². The van der Waals surface area contributed by atoms with E-state index in [4.69, 9.17) is 5.11 Å². The van der Waals surface area contributed by atoms with Crippen LogP contribution < -0.4 is 0 Å². The number of rotatable bonds is 2. The van der Waals surface area contributed by atoms with Gasteiger partial charge in [-0.15, -0.1) is 0 Å². The van der Waals surface area contributed by atoms with Crippen LogP contribution in [0.5, 0.6) is 0 Å². The molecule has 2 aliphatic heterocycles. The first-order valence-corrected chi connectivity index (χ1v) is 8.34. The van der Waals surface area contributed by atoms with Gasteiger partial charge in [0.2, 0.25) is 0 Å². The lowest BCUT2D eigenvalue weighted by Crippen LogP contribution is -2.48. The Balaban J connectivity index is 1.49. The normalized spacial score (nSPS) is 28.3.